The molecule has 0 N–H and O–H groups in total. The van der Waals surface area contributed by atoms with Crippen molar-refractivity contribution in [2.75, 3.05) is 0 Å². The van der Waals surface area contributed by atoms with Gasteiger partial charge in [-0.05, 0) is 28.8 Å². The number of hydrogen-bond acceptors (Lipinski definition) is 1. The summed E-state index contributed by atoms with van der Waals surface area (Å²) in [7, 11) is 0. The van der Waals surface area contributed by atoms with Crippen LogP contribution < -0.4 is 0 Å². The van der Waals surface area contributed by atoms with Crippen LogP contribution in [0, 0.1) is 0 Å². The van der Waals surface area contributed by atoms with E-state index in [0.717, 1.165) is 12.8 Å². The van der Waals surface area contributed by atoms with E-state index in [1.807, 2.05) is 6.21 Å². The molecule has 0 aromatic heterocycles. The zero-order valence-corrected chi connectivity index (χ0v) is 9.98. The lowest BCUT2D eigenvalue weighted by molar-refractivity contribution is 1.08. The van der Waals surface area contributed by atoms with Crippen LogP contribution in [-0.2, 0) is 6.42 Å². The summed E-state index contributed by atoms with van der Waals surface area (Å²) in [5.41, 5.74) is 3.98. The fourth-order valence-electron chi connectivity index (χ4n) is 2.26. The van der Waals surface area contributed by atoms with Crippen LogP contribution >= 0.6 is 0 Å². The van der Waals surface area contributed by atoms with E-state index in [-0.39, 0.29) is 0 Å². The Labute approximate surface area is 102 Å². The van der Waals surface area contributed by atoms with Gasteiger partial charge >= 0.3 is 0 Å². The van der Waals surface area contributed by atoms with Gasteiger partial charge in [-0.2, -0.15) is 0 Å². The molecule has 2 aromatic carbocycles. The number of nitrogens with zero attached hydrogens (tertiary/aromatic N) is 1. The van der Waals surface area contributed by atoms with Crippen LogP contribution in [0.3, 0.4) is 0 Å². The third kappa shape index (κ3) is 2.01. The Morgan fingerprint density at radius 3 is 2.65 bits per heavy atom. The van der Waals surface area contributed by atoms with Crippen LogP contribution in [0.5, 0.6) is 0 Å². The first-order chi connectivity index (χ1) is 8.33. The van der Waals surface area contributed by atoms with Crippen molar-refractivity contribution in [2.24, 2.45) is 4.99 Å². The molecule has 0 bridgehead atoms. The smallest absolute Gasteiger partial charge is 0.0436 e. The zero-order valence-electron chi connectivity index (χ0n) is 9.98. The molecule has 0 unspecified atom stereocenters. The van der Waals surface area contributed by atoms with Gasteiger partial charge in [0.1, 0.15) is 0 Å². The highest BCUT2D eigenvalue weighted by Crippen LogP contribution is 2.22. The average Bonchev–Trinajstić information content (AvgIpc) is 2.75. The molecule has 1 aliphatic rings. The van der Waals surface area contributed by atoms with Crippen LogP contribution in [0.25, 0.3) is 10.8 Å². The average molecular weight is 221 g/mol. The molecule has 1 nitrogen and oxygen atoms in total. The van der Waals surface area contributed by atoms with Crippen molar-refractivity contribution in [3.05, 3.63) is 59.3 Å². The van der Waals surface area contributed by atoms with Crippen molar-refractivity contribution >= 4 is 17.0 Å². The maximum Gasteiger partial charge on any atom is 0.0436 e. The topological polar surface area (TPSA) is 12.4 Å². The van der Waals surface area contributed by atoms with E-state index in [4.69, 9.17) is 0 Å². The molecule has 0 spiro atoms. The molecule has 0 saturated carbocycles. The number of rotatable bonds is 2. The van der Waals surface area contributed by atoms with E-state index in [2.05, 4.69) is 54.4 Å². The number of benzene rings is 2. The molecule has 2 aromatic rings. The fraction of sp³-hybridized carbons (Fsp3) is 0.188. The van der Waals surface area contributed by atoms with E-state index in [1.165, 1.54) is 27.6 Å². The molecule has 0 fully saturated rings. The van der Waals surface area contributed by atoms with Gasteiger partial charge in [0.25, 0.3) is 0 Å². The van der Waals surface area contributed by atoms with Crippen molar-refractivity contribution in [1.82, 2.24) is 0 Å². The second kappa shape index (κ2) is 4.17. The molecule has 0 atom stereocenters. The molecular formula is C16H15N. The quantitative estimate of drug-likeness (QED) is 0.723. The van der Waals surface area contributed by atoms with Crippen molar-refractivity contribution < 1.29 is 0 Å². The van der Waals surface area contributed by atoms with Crippen molar-refractivity contribution in [1.29, 1.82) is 0 Å². The maximum absolute atomic E-state index is 4.45. The second-order valence-electron chi connectivity index (χ2n) is 4.60. The van der Waals surface area contributed by atoms with Crippen LogP contribution in [0.1, 0.15) is 18.9 Å². The highest BCUT2D eigenvalue weighted by Gasteiger charge is 2.07. The number of allylic oxidation sites excluding steroid dienone is 2. The third-order valence-corrected chi connectivity index (χ3v) is 3.32. The van der Waals surface area contributed by atoms with Gasteiger partial charge in [0.2, 0.25) is 0 Å². The van der Waals surface area contributed by atoms with Crippen LogP contribution in [0.4, 0.5) is 0 Å². The molecule has 0 radical (unpaired) electrons. The summed E-state index contributed by atoms with van der Waals surface area (Å²) < 4.78 is 0. The standard InChI is InChI=1S/C16H15N/c1-12-8-9-17-16(12)11-13-6-7-14-4-2-3-5-15(14)10-13/h2-7,9-10H,8,11H2,1H3. The lowest BCUT2D eigenvalue weighted by Gasteiger charge is -2.04. The Morgan fingerprint density at radius 2 is 1.88 bits per heavy atom. The molecular weight excluding hydrogens is 206 g/mol. The predicted octanol–water partition coefficient (Wildman–Crippen LogP) is 4.13. The van der Waals surface area contributed by atoms with Crippen LogP contribution in [0.15, 0.2) is 58.7 Å². The molecule has 84 valence electrons. The van der Waals surface area contributed by atoms with E-state index in [0.29, 0.717) is 0 Å². The molecule has 3 rings (SSSR count). The van der Waals surface area contributed by atoms with Crippen LogP contribution in [-0.4, -0.2) is 6.21 Å². The van der Waals surface area contributed by atoms with Crippen LogP contribution in [0.2, 0.25) is 0 Å². The molecule has 0 aliphatic carbocycles. The highest BCUT2D eigenvalue weighted by atomic mass is 14.8. The largest absolute Gasteiger partial charge is 0.265 e. The SMILES string of the molecule is CC1=C(Cc2ccc3ccccc3c2)N=CC1. The van der Waals surface area contributed by atoms with Crippen molar-refractivity contribution in [3.63, 3.8) is 0 Å². The summed E-state index contributed by atoms with van der Waals surface area (Å²) in [6.45, 7) is 2.17. The minimum atomic E-state index is 0.952. The Morgan fingerprint density at radius 1 is 1.06 bits per heavy atom. The summed E-state index contributed by atoms with van der Waals surface area (Å²) in [4.78, 5) is 4.45. The van der Waals surface area contributed by atoms with Gasteiger partial charge in [0, 0.05) is 24.8 Å². The van der Waals surface area contributed by atoms with Gasteiger partial charge < -0.3 is 0 Å². The predicted molar refractivity (Wildman–Crippen MR) is 73.5 cm³/mol. The third-order valence-electron chi connectivity index (χ3n) is 3.32. The first-order valence-electron chi connectivity index (χ1n) is 6.02. The van der Waals surface area contributed by atoms with Gasteiger partial charge in [0.05, 0.1) is 0 Å². The van der Waals surface area contributed by atoms with Gasteiger partial charge in [0.15, 0.2) is 0 Å². The van der Waals surface area contributed by atoms with E-state index >= 15 is 0 Å². The normalized spacial score (nSPS) is 14.9. The summed E-state index contributed by atoms with van der Waals surface area (Å²) in [5.74, 6) is 0. The van der Waals surface area contributed by atoms with Gasteiger partial charge in [-0.25, -0.2) is 0 Å². The number of hydrogen-bond donors (Lipinski definition) is 0. The number of aliphatic imine (C=N–C) groups is 1. The second-order valence-corrected chi connectivity index (χ2v) is 4.60. The van der Waals surface area contributed by atoms with Crippen molar-refractivity contribution in [3.8, 4) is 0 Å². The lowest BCUT2D eigenvalue weighted by Crippen LogP contribution is -1.88. The summed E-state index contributed by atoms with van der Waals surface area (Å²) in [6, 6.07) is 15.1. The van der Waals surface area contributed by atoms with Gasteiger partial charge in [-0.3, -0.25) is 4.99 Å². The lowest BCUT2D eigenvalue weighted by atomic mass is 10.0. The van der Waals surface area contributed by atoms with E-state index in [9.17, 15) is 0 Å². The Kier molecular flexibility index (Phi) is 2.52. The first-order valence-corrected chi connectivity index (χ1v) is 6.02. The Hall–Kier alpha value is -1.89. The van der Waals surface area contributed by atoms with Gasteiger partial charge in [-0.1, -0.05) is 42.5 Å². The first kappa shape index (κ1) is 10.3. The number of fused-ring (bicyclic) bond motifs is 1. The molecule has 1 aliphatic heterocycles. The maximum atomic E-state index is 4.45. The fourth-order valence-corrected chi connectivity index (χ4v) is 2.26. The zero-order chi connectivity index (χ0) is 11.7. The summed E-state index contributed by atoms with van der Waals surface area (Å²) >= 11 is 0. The molecule has 17 heavy (non-hydrogen) atoms. The molecule has 0 saturated heterocycles. The van der Waals surface area contributed by atoms with Crippen molar-refractivity contribution in [2.45, 2.75) is 19.8 Å². The highest BCUT2D eigenvalue weighted by molar-refractivity contribution is 5.83. The minimum Gasteiger partial charge on any atom is -0.265 e. The molecule has 0 amide bonds. The summed E-state index contributed by atoms with van der Waals surface area (Å²) in [6.07, 6.45) is 3.97. The molecule has 1 heteroatoms. The monoisotopic (exact) mass is 221 g/mol. The Bertz CT molecular complexity index is 620. The summed E-state index contributed by atoms with van der Waals surface area (Å²) in [5, 5.41) is 2.61. The minimum absolute atomic E-state index is 0.952. The molecule has 1 heterocycles. The van der Waals surface area contributed by atoms with E-state index in [1.54, 1.807) is 0 Å². The van der Waals surface area contributed by atoms with Gasteiger partial charge in [-0.15, -0.1) is 0 Å². The van der Waals surface area contributed by atoms with E-state index < -0.39 is 0 Å². The Balaban J connectivity index is 1.96.